The van der Waals surface area contributed by atoms with Crippen LogP contribution in [0.2, 0.25) is 0 Å². The Morgan fingerprint density at radius 3 is 2.57 bits per heavy atom. The van der Waals surface area contributed by atoms with E-state index in [1.165, 1.54) is 32.4 Å². The number of benzene rings is 1. The van der Waals surface area contributed by atoms with Gasteiger partial charge in [-0.1, -0.05) is 12.1 Å². The smallest absolute Gasteiger partial charge is 0.193 e. The highest BCUT2D eigenvalue weighted by molar-refractivity contribution is 5.80. The normalized spacial score (nSPS) is 24.1. The first kappa shape index (κ1) is 21.4. The Kier molecular flexibility index (Phi) is 7.44. The molecular weight excluding hydrogens is 379 g/mol. The summed E-state index contributed by atoms with van der Waals surface area (Å²) in [5.41, 5.74) is 0.737. The van der Waals surface area contributed by atoms with Gasteiger partial charge in [-0.25, -0.2) is 4.39 Å². The molecule has 0 spiro atoms. The Morgan fingerprint density at radius 2 is 1.83 bits per heavy atom. The second-order valence-electron chi connectivity index (χ2n) is 8.74. The molecule has 0 saturated carbocycles. The molecule has 0 radical (unpaired) electrons. The SMILES string of the molecule is CN=C(NCCCN1CCN(c2ccccc2F)CC1)N1CCC(N2CCCC2)C1. The molecule has 4 rings (SSSR count). The van der Waals surface area contributed by atoms with E-state index in [4.69, 9.17) is 0 Å². The number of nitrogens with zero attached hydrogens (tertiary/aromatic N) is 5. The third-order valence-corrected chi connectivity index (χ3v) is 6.83. The molecule has 0 amide bonds. The van der Waals surface area contributed by atoms with E-state index in [0.29, 0.717) is 6.04 Å². The zero-order valence-corrected chi connectivity index (χ0v) is 18.4. The Hall–Kier alpha value is -1.86. The molecule has 166 valence electrons. The average Bonchev–Trinajstić information content (AvgIpc) is 3.47. The lowest BCUT2D eigenvalue weighted by molar-refractivity contribution is 0.248. The number of hydrogen-bond acceptors (Lipinski definition) is 4. The number of anilines is 1. The maximum absolute atomic E-state index is 14.0. The summed E-state index contributed by atoms with van der Waals surface area (Å²) in [6, 6.07) is 7.81. The van der Waals surface area contributed by atoms with Crippen molar-refractivity contribution in [2.75, 3.05) is 77.4 Å². The van der Waals surface area contributed by atoms with Gasteiger partial charge in [-0.2, -0.15) is 0 Å². The Labute approximate surface area is 180 Å². The number of hydrogen-bond donors (Lipinski definition) is 1. The molecule has 0 aliphatic carbocycles. The van der Waals surface area contributed by atoms with Crippen LogP contribution in [0.4, 0.5) is 10.1 Å². The van der Waals surface area contributed by atoms with Crippen molar-refractivity contribution in [3.8, 4) is 0 Å². The second-order valence-corrected chi connectivity index (χ2v) is 8.74. The first-order valence-electron chi connectivity index (χ1n) is 11.7. The van der Waals surface area contributed by atoms with Crippen molar-refractivity contribution in [3.05, 3.63) is 30.1 Å². The van der Waals surface area contributed by atoms with Crippen LogP contribution in [0.25, 0.3) is 0 Å². The third-order valence-electron chi connectivity index (χ3n) is 6.83. The van der Waals surface area contributed by atoms with Gasteiger partial charge in [0, 0.05) is 58.9 Å². The first-order chi connectivity index (χ1) is 14.7. The van der Waals surface area contributed by atoms with Gasteiger partial charge >= 0.3 is 0 Å². The van der Waals surface area contributed by atoms with Crippen molar-refractivity contribution >= 4 is 11.6 Å². The molecule has 3 aliphatic heterocycles. The lowest BCUT2D eigenvalue weighted by atomic mass is 10.2. The minimum absolute atomic E-state index is 0.115. The highest BCUT2D eigenvalue weighted by Crippen LogP contribution is 2.21. The molecule has 0 bridgehead atoms. The van der Waals surface area contributed by atoms with Crippen LogP contribution in [0, 0.1) is 5.82 Å². The molecule has 7 heteroatoms. The summed E-state index contributed by atoms with van der Waals surface area (Å²) < 4.78 is 14.0. The summed E-state index contributed by atoms with van der Waals surface area (Å²) in [5.74, 6) is 0.941. The van der Waals surface area contributed by atoms with E-state index in [9.17, 15) is 4.39 Å². The number of nitrogens with one attached hydrogen (secondary N) is 1. The molecule has 3 aliphatic rings. The van der Waals surface area contributed by atoms with Gasteiger partial charge in [0.05, 0.1) is 5.69 Å². The molecule has 6 nitrogen and oxygen atoms in total. The van der Waals surface area contributed by atoms with E-state index >= 15 is 0 Å². The maximum atomic E-state index is 14.0. The van der Waals surface area contributed by atoms with Gasteiger partial charge in [0.25, 0.3) is 0 Å². The van der Waals surface area contributed by atoms with Crippen LogP contribution in [0.5, 0.6) is 0 Å². The lowest BCUT2D eigenvalue weighted by Crippen LogP contribution is -2.47. The van der Waals surface area contributed by atoms with E-state index in [2.05, 4.69) is 29.9 Å². The number of halogens is 1. The van der Waals surface area contributed by atoms with Crippen LogP contribution in [0.3, 0.4) is 0 Å². The van der Waals surface area contributed by atoms with E-state index in [1.807, 2.05) is 19.2 Å². The summed E-state index contributed by atoms with van der Waals surface area (Å²) in [6.45, 7) is 10.6. The fourth-order valence-corrected chi connectivity index (χ4v) is 5.09. The molecule has 30 heavy (non-hydrogen) atoms. The number of guanidine groups is 1. The molecule has 3 fully saturated rings. The van der Waals surface area contributed by atoms with E-state index in [-0.39, 0.29) is 5.82 Å². The second kappa shape index (κ2) is 10.4. The van der Waals surface area contributed by atoms with Crippen LogP contribution >= 0.6 is 0 Å². The number of likely N-dealkylation sites (tertiary alicyclic amines) is 2. The van der Waals surface area contributed by atoms with Gasteiger partial charge in [-0.3, -0.25) is 14.8 Å². The van der Waals surface area contributed by atoms with Crippen molar-refractivity contribution in [1.82, 2.24) is 20.0 Å². The topological polar surface area (TPSA) is 37.4 Å². The van der Waals surface area contributed by atoms with E-state index in [0.717, 1.165) is 70.4 Å². The molecule has 1 aromatic carbocycles. The van der Waals surface area contributed by atoms with Crippen molar-refractivity contribution in [1.29, 1.82) is 0 Å². The largest absolute Gasteiger partial charge is 0.367 e. The van der Waals surface area contributed by atoms with Gasteiger partial charge in [0.1, 0.15) is 5.82 Å². The fourth-order valence-electron chi connectivity index (χ4n) is 5.09. The number of rotatable bonds is 6. The van der Waals surface area contributed by atoms with Crippen LogP contribution in [0.15, 0.2) is 29.3 Å². The number of piperazine rings is 1. The first-order valence-corrected chi connectivity index (χ1v) is 11.7. The Morgan fingerprint density at radius 1 is 1.07 bits per heavy atom. The van der Waals surface area contributed by atoms with Crippen molar-refractivity contribution in [2.24, 2.45) is 4.99 Å². The quantitative estimate of drug-likeness (QED) is 0.437. The Balaban J connectivity index is 1.13. The van der Waals surface area contributed by atoms with Crippen LogP contribution < -0.4 is 10.2 Å². The molecule has 1 atom stereocenters. The maximum Gasteiger partial charge on any atom is 0.193 e. The molecule has 1 aromatic rings. The zero-order chi connectivity index (χ0) is 20.8. The highest BCUT2D eigenvalue weighted by Gasteiger charge is 2.30. The van der Waals surface area contributed by atoms with Crippen LogP contribution in [-0.2, 0) is 0 Å². The number of aliphatic imine (C=N–C) groups is 1. The predicted molar refractivity (Wildman–Crippen MR) is 122 cm³/mol. The van der Waals surface area contributed by atoms with Gasteiger partial charge in [-0.05, 0) is 57.5 Å². The summed E-state index contributed by atoms with van der Waals surface area (Å²) in [6.07, 6.45) is 5.07. The summed E-state index contributed by atoms with van der Waals surface area (Å²) in [4.78, 5) is 14.3. The highest BCUT2D eigenvalue weighted by atomic mass is 19.1. The summed E-state index contributed by atoms with van der Waals surface area (Å²) in [5, 5.41) is 3.57. The summed E-state index contributed by atoms with van der Waals surface area (Å²) >= 11 is 0. The van der Waals surface area contributed by atoms with Gasteiger partial charge in [-0.15, -0.1) is 0 Å². The van der Waals surface area contributed by atoms with Crippen LogP contribution in [-0.4, -0.2) is 99.2 Å². The molecular formula is C23H37FN6. The predicted octanol–water partition coefficient (Wildman–Crippen LogP) is 2.08. The minimum Gasteiger partial charge on any atom is -0.367 e. The molecule has 3 heterocycles. The van der Waals surface area contributed by atoms with E-state index in [1.54, 1.807) is 12.1 Å². The van der Waals surface area contributed by atoms with Gasteiger partial charge < -0.3 is 15.1 Å². The van der Waals surface area contributed by atoms with Crippen molar-refractivity contribution in [2.45, 2.75) is 31.7 Å². The minimum atomic E-state index is -0.115. The molecule has 1 unspecified atom stereocenters. The summed E-state index contributed by atoms with van der Waals surface area (Å²) in [7, 11) is 1.90. The fraction of sp³-hybridized carbons (Fsp3) is 0.696. The standard InChI is InChI=1S/C23H37FN6/c1-25-23(30-14-9-20(19-30)28-12-4-5-13-28)26-10-6-11-27-15-17-29(18-16-27)22-8-3-2-7-21(22)24/h2-3,7-8,20H,4-6,9-19H2,1H3,(H,25,26). The Bertz CT molecular complexity index is 697. The van der Waals surface area contributed by atoms with Gasteiger partial charge in [0.15, 0.2) is 5.96 Å². The van der Waals surface area contributed by atoms with Gasteiger partial charge in [0.2, 0.25) is 0 Å². The van der Waals surface area contributed by atoms with Crippen molar-refractivity contribution in [3.63, 3.8) is 0 Å². The third kappa shape index (κ3) is 5.24. The average molecular weight is 417 g/mol. The van der Waals surface area contributed by atoms with Crippen LogP contribution in [0.1, 0.15) is 25.7 Å². The van der Waals surface area contributed by atoms with E-state index < -0.39 is 0 Å². The molecule has 3 saturated heterocycles. The molecule has 0 aromatic heterocycles. The zero-order valence-electron chi connectivity index (χ0n) is 18.4. The monoisotopic (exact) mass is 416 g/mol. The number of para-hydroxylation sites is 1. The molecule has 1 N–H and O–H groups in total. The van der Waals surface area contributed by atoms with Crippen molar-refractivity contribution < 1.29 is 4.39 Å². The lowest BCUT2D eigenvalue weighted by Gasteiger charge is -2.36.